The van der Waals surface area contributed by atoms with Gasteiger partial charge in [-0.25, -0.2) is 15.0 Å². The van der Waals surface area contributed by atoms with Crippen molar-refractivity contribution in [3.63, 3.8) is 0 Å². The molecule has 264 valence electrons. The van der Waals surface area contributed by atoms with Crippen LogP contribution < -0.4 is 0 Å². The first-order chi connectivity index (χ1) is 27.7. The summed E-state index contributed by atoms with van der Waals surface area (Å²) in [6, 6.07) is 67.4. The van der Waals surface area contributed by atoms with Crippen LogP contribution in [0.15, 0.2) is 199 Å². The van der Waals surface area contributed by atoms with Gasteiger partial charge >= 0.3 is 0 Å². The molecule has 2 heterocycles. The molecular formula is C52H35N3O. The standard InChI is InChI=1S/C52H35N3O/c1-34-15-11-12-24-42(34)44-29-27-40(32-46(44)36-18-7-3-8-19-36)51-53-50(37-20-9-4-10-21-37)54-52(55-51)41-28-30-45-48(33-41)56-47-26-14-25-43(49(45)47)39-23-13-22-38(31-39)35-16-5-2-6-17-35/h2-33H,1H3. The van der Waals surface area contributed by atoms with Crippen LogP contribution in [0, 0.1) is 6.92 Å². The van der Waals surface area contributed by atoms with Crippen molar-refractivity contribution < 1.29 is 4.42 Å². The van der Waals surface area contributed by atoms with E-state index in [1.165, 1.54) is 22.3 Å². The Morgan fingerprint density at radius 3 is 1.61 bits per heavy atom. The molecule has 8 aromatic carbocycles. The van der Waals surface area contributed by atoms with Crippen LogP contribution in [0.5, 0.6) is 0 Å². The highest BCUT2D eigenvalue weighted by Gasteiger charge is 2.18. The van der Waals surface area contributed by atoms with Gasteiger partial charge in [-0.15, -0.1) is 0 Å². The third-order valence-corrected chi connectivity index (χ3v) is 10.5. The highest BCUT2D eigenvalue weighted by Crippen LogP contribution is 2.40. The lowest BCUT2D eigenvalue weighted by atomic mass is 9.90. The van der Waals surface area contributed by atoms with E-state index < -0.39 is 0 Å². The smallest absolute Gasteiger partial charge is 0.164 e. The van der Waals surface area contributed by atoms with Gasteiger partial charge in [0.15, 0.2) is 17.5 Å². The minimum Gasteiger partial charge on any atom is -0.456 e. The highest BCUT2D eigenvalue weighted by atomic mass is 16.3. The number of nitrogens with zero attached hydrogens (tertiary/aromatic N) is 3. The molecule has 0 aliphatic rings. The predicted octanol–water partition coefficient (Wildman–Crippen LogP) is 13.7. The topological polar surface area (TPSA) is 51.8 Å². The first-order valence-electron chi connectivity index (χ1n) is 18.9. The van der Waals surface area contributed by atoms with E-state index in [9.17, 15) is 0 Å². The van der Waals surface area contributed by atoms with Gasteiger partial charge < -0.3 is 4.42 Å². The fourth-order valence-corrected chi connectivity index (χ4v) is 7.70. The number of furan rings is 1. The Morgan fingerprint density at radius 1 is 0.321 bits per heavy atom. The molecule has 0 fully saturated rings. The van der Waals surface area contributed by atoms with E-state index in [0.29, 0.717) is 17.5 Å². The van der Waals surface area contributed by atoms with Gasteiger partial charge in [0, 0.05) is 27.5 Å². The van der Waals surface area contributed by atoms with Gasteiger partial charge in [0.1, 0.15) is 11.2 Å². The van der Waals surface area contributed by atoms with Crippen molar-refractivity contribution in [2.24, 2.45) is 0 Å². The molecule has 0 aliphatic carbocycles. The van der Waals surface area contributed by atoms with E-state index >= 15 is 0 Å². The third-order valence-electron chi connectivity index (χ3n) is 10.5. The normalized spacial score (nSPS) is 11.3. The molecule has 4 nitrogen and oxygen atoms in total. The van der Waals surface area contributed by atoms with E-state index in [0.717, 1.165) is 66.4 Å². The Bertz CT molecular complexity index is 3030. The van der Waals surface area contributed by atoms with Crippen molar-refractivity contribution in [2.75, 3.05) is 0 Å². The number of aromatic nitrogens is 3. The second kappa shape index (κ2) is 14.1. The summed E-state index contributed by atoms with van der Waals surface area (Å²) in [7, 11) is 0. The van der Waals surface area contributed by atoms with E-state index in [2.05, 4.69) is 153 Å². The maximum absolute atomic E-state index is 6.58. The lowest BCUT2D eigenvalue weighted by Crippen LogP contribution is -2.00. The molecule has 0 bridgehead atoms. The second-order valence-corrected chi connectivity index (χ2v) is 14.1. The largest absolute Gasteiger partial charge is 0.456 e. The molecule has 2 aromatic heterocycles. The first-order valence-corrected chi connectivity index (χ1v) is 18.9. The van der Waals surface area contributed by atoms with Crippen LogP contribution in [-0.4, -0.2) is 15.0 Å². The maximum atomic E-state index is 6.58. The minimum absolute atomic E-state index is 0.580. The van der Waals surface area contributed by atoms with Gasteiger partial charge in [0.05, 0.1) is 0 Å². The molecule has 0 atom stereocenters. The molecule has 56 heavy (non-hydrogen) atoms. The van der Waals surface area contributed by atoms with Crippen molar-refractivity contribution in [3.05, 3.63) is 200 Å². The van der Waals surface area contributed by atoms with Crippen LogP contribution in [0.4, 0.5) is 0 Å². The van der Waals surface area contributed by atoms with Gasteiger partial charge in [-0.3, -0.25) is 0 Å². The average molecular weight is 718 g/mol. The molecule has 0 amide bonds. The van der Waals surface area contributed by atoms with Gasteiger partial charge in [0.2, 0.25) is 0 Å². The number of fused-ring (bicyclic) bond motifs is 3. The Kier molecular flexibility index (Phi) is 8.34. The van der Waals surface area contributed by atoms with Crippen LogP contribution in [0.2, 0.25) is 0 Å². The van der Waals surface area contributed by atoms with Crippen LogP contribution in [0.3, 0.4) is 0 Å². The summed E-state index contributed by atoms with van der Waals surface area (Å²) >= 11 is 0. The van der Waals surface area contributed by atoms with Crippen molar-refractivity contribution in [3.8, 4) is 78.7 Å². The molecular weight excluding hydrogens is 683 g/mol. The zero-order valence-electron chi connectivity index (χ0n) is 30.7. The van der Waals surface area contributed by atoms with E-state index in [-0.39, 0.29) is 0 Å². The molecule has 0 saturated heterocycles. The summed E-state index contributed by atoms with van der Waals surface area (Å²) in [5, 5.41) is 2.13. The number of hydrogen-bond donors (Lipinski definition) is 0. The van der Waals surface area contributed by atoms with Crippen molar-refractivity contribution >= 4 is 21.9 Å². The van der Waals surface area contributed by atoms with Crippen molar-refractivity contribution in [1.29, 1.82) is 0 Å². The fraction of sp³-hybridized carbons (Fsp3) is 0.0192. The third kappa shape index (κ3) is 6.13. The molecule has 0 spiro atoms. The van der Waals surface area contributed by atoms with E-state index in [4.69, 9.17) is 19.4 Å². The van der Waals surface area contributed by atoms with Crippen LogP contribution >= 0.6 is 0 Å². The molecule has 4 heteroatoms. The Hall–Kier alpha value is -7.43. The van der Waals surface area contributed by atoms with Crippen LogP contribution in [0.25, 0.3) is 101 Å². The first kappa shape index (κ1) is 33.2. The summed E-state index contributed by atoms with van der Waals surface area (Å²) in [5.74, 6) is 1.80. The van der Waals surface area contributed by atoms with E-state index in [1.807, 2.05) is 48.5 Å². The van der Waals surface area contributed by atoms with Gasteiger partial charge in [-0.05, 0) is 87.3 Å². The summed E-state index contributed by atoms with van der Waals surface area (Å²) in [6.07, 6.45) is 0. The minimum atomic E-state index is 0.580. The van der Waals surface area contributed by atoms with Crippen LogP contribution in [0.1, 0.15) is 5.56 Å². The Morgan fingerprint density at radius 2 is 0.875 bits per heavy atom. The molecule has 0 saturated carbocycles. The number of hydrogen-bond acceptors (Lipinski definition) is 4. The SMILES string of the molecule is Cc1ccccc1-c1ccc(-c2nc(-c3ccccc3)nc(-c3ccc4c(c3)oc3cccc(-c5cccc(-c6ccccc6)c5)c34)n2)cc1-c1ccccc1. The summed E-state index contributed by atoms with van der Waals surface area (Å²) in [5.41, 5.74) is 14.8. The van der Waals surface area contributed by atoms with Crippen molar-refractivity contribution in [1.82, 2.24) is 15.0 Å². The molecule has 10 aromatic rings. The average Bonchev–Trinajstić information content (AvgIpc) is 3.65. The predicted molar refractivity (Wildman–Crippen MR) is 230 cm³/mol. The van der Waals surface area contributed by atoms with Crippen molar-refractivity contribution in [2.45, 2.75) is 6.92 Å². The zero-order chi connectivity index (χ0) is 37.4. The highest BCUT2D eigenvalue weighted by molar-refractivity contribution is 6.13. The summed E-state index contributed by atoms with van der Waals surface area (Å²) in [4.78, 5) is 15.3. The number of rotatable bonds is 7. The Labute approximate surface area is 325 Å². The summed E-state index contributed by atoms with van der Waals surface area (Å²) in [6.45, 7) is 2.16. The quantitative estimate of drug-likeness (QED) is 0.165. The van der Waals surface area contributed by atoms with Gasteiger partial charge in [-0.1, -0.05) is 164 Å². The monoisotopic (exact) mass is 717 g/mol. The number of benzene rings is 8. The molecule has 0 radical (unpaired) electrons. The lowest BCUT2D eigenvalue weighted by molar-refractivity contribution is 0.669. The van der Waals surface area contributed by atoms with Crippen LogP contribution in [-0.2, 0) is 0 Å². The molecule has 0 N–H and O–H groups in total. The summed E-state index contributed by atoms with van der Waals surface area (Å²) < 4.78 is 6.58. The second-order valence-electron chi connectivity index (χ2n) is 14.1. The molecule has 0 aliphatic heterocycles. The van der Waals surface area contributed by atoms with Gasteiger partial charge in [-0.2, -0.15) is 0 Å². The Balaban J connectivity index is 1.11. The maximum Gasteiger partial charge on any atom is 0.164 e. The zero-order valence-corrected chi connectivity index (χ0v) is 30.7. The number of aryl methyl sites for hydroxylation is 1. The molecule has 10 rings (SSSR count). The van der Waals surface area contributed by atoms with E-state index in [1.54, 1.807) is 0 Å². The van der Waals surface area contributed by atoms with Gasteiger partial charge in [0.25, 0.3) is 0 Å². The molecule has 0 unspecified atom stereocenters. The fourth-order valence-electron chi connectivity index (χ4n) is 7.70. The lowest BCUT2D eigenvalue weighted by Gasteiger charge is -2.15.